The summed E-state index contributed by atoms with van der Waals surface area (Å²) in [7, 11) is 0. The average Bonchev–Trinajstić information content (AvgIpc) is 2.60. The van der Waals surface area contributed by atoms with Crippen LogP contribution < -0.4 is 0 Å². The van der Waals surface area contributed by atoms with Gasteiger partial charge in [-0.05, 0) is 20.8 Å². The number of hydrogen-bond donors (Lipinski definition) is 0. The summed E-state index contributed by atoms with van der Waals surface area (Å²) in [4.78, 5) is 4.37. The molecule has 1 aromatic rings. The molecular weight excluding hydrogens is 198 g/mol. The van der Waals surface area contributed by atoms with Crippen LogP contribution >= 0.6 is 0 Å². The first kappa shape index (κ1) is 11.1. The Labute approximate surface area is 96.7 Å². The highest BCUT2D eigenvalue weighted by Gasteiger charge is 2.18. The van der Waals surface area contributed by atoms with Crippen molar-refractivity contribution in [3.63, 3.8) is 0 Å². The van der Waals surface area contributed by atoms with E-state index >= 15 is 0 Å². The number of benzene rings is 1. The standard InChI is InChI=1S/C14H17NO/c1-10(2)6-7-16-14-13-8-11(3)4-5-12(13)9-15-14/h4-6,8-9,14H,7H2,1-3H3. The average molecular weight is 215 g/mol. The van der Waals surface area contributed by atoms with Gasteiger partial charge in [-0.1, -0.05) is 35.4 Å². The van der Waals surface area contributed by atoms with E-state index in [1.165, 1.54) is 22.3 Å². The third kappa shape index (κ3) is 2.39. The van der Waals surface area contributed by atoms with Gasteiger partial charge >= 0.3 is 0 Å². The fraction of sp³-hybridized carbons (Fsp3) is 0.357. The lowest BCUT2D eigenvalue weighted by Crippen LogP contribution is -2.00. The maximum atomic E-state index is 5.72. The minimum atomic E-state index is -0.120. The molecule has 2 rings (SSSR count). The molecule has 0 aromatic heterocycles. The van der Waals surface area contributed by atoms with E-state index in [1.54, 1.807) is 0 Å². The van der Waals surface area contributed by atoms with E-state index in [1.807, 2.05) is 6.21 Å². The molecule has 0 bridgehead atoms. The zero-order chi connectivity index (χ0) is 11.5. The molecule has 1 aliphatic heterocycles. The predicted molar refractivity (Wildman–Crippen MR) is 66.9 cm³/mol. The Bertz CT molecular complexity index is 442. The quantitative estimate of drug-likeness (QED) is 0.708. The molecule has 2 heteroatoms. The summed E-state index contributed by atoms with van der Waals surface area (Å²) in [6.07, 6.45) is 3.84. The number of nitrogens with zero attached hydrogens (tertiary/aromatic N) is 1. The second-order valence-electron chi connectivity index (χ2n) is 4.38. The Hall–Kier alpha value is -1.41. The summed E-state index contributed by atoms with van der Waals surface area (Å²) in [6, 6.07) is 6.34. The summed E-state index contributed by atoms with van der Waals surface area (Å²) in [6.45, 7) is 6.85. The smallest absolute Gasteiger partial charge is 0.175 e. The number of allylic oxidation sites excluding steroid dienone is 1. The molecule has 0 radical (unpaired) electrons. The summed E-state index contributed by atoms with van der Waals surface area (Å²) < 4.78 is 5.72. The summed E-state index contributed by atoms with van der Waals surface area (Å²) in [5.41, 5.74) is 4.88. The Kier molecular flexibility index (Phi) is 3.20. The van der Waals surface area contributed by atoms with Crippen LogP contribution in [0.3, 0.4) is 0 Å². The molecule has 1 atom stereocenters. The Morgan fingerprint density at radius 2 is 2.25 bits per heavy atom. The van der Waals surface area contributed by atoms with Crippen molar-refractivity contribution in [1.29, 1.82) is 0 Å². The maximum Gasteiger partial charge on any atom is 0.175 e. The van der Waals surface area contributed by atoms with Crippen LogP contribution in [0.4, 0.5) is 0 Å². The van der Waals surface area contributed by atoms with Gasteiger partial charge in [-0.15, -0.1) is 0 Å². The molecule has 1 aromatic carbocycles. The summed E-state index contributed by atoms with van der Waals surface area (Å²) in [5.74, 6) is 0. The molecule has 0 aliphatic carbocycles. The SMILES string of the molecule is CC(C)=CCOC1N=Cc2ccc(C)cc21. The number of fused-ring (bicyclic) bond motifs is 1. The number of rotatable bonds is 3. The van der Waals surface area contributed by atoms with Gasteiger partial charge in [-0.2, -0.15) is 0 Å². The van der Waals surface area contributed by atoms with E-state index in [2.05, 4.69) is 50.0 Å². The van der Waals surface area contributed by atoms with Gasteiger partial charge in [-0.25, -0.2) is 0 Å². The first-order chi connectivity index (χ1) is 7.66. The molecular formula is C14H17NO. The number of aryl methyl sites for hydroxylation is 1. The molecule has 0 fully saturated rings. The Balaban J connectivity index is 2.08. The van der Waals surface area contributed by atoms with Crippen molar-refractivity contribution in [2.24, 2.45) is 4.99 Å². The number of hydrogen-bond acceptors (Lipinski definition) is 2. The molecule has 2 nitrogen and oxygen atoms in total. The number of ether oxygens (including phenoxy) is 1. The second kappa shape index (κ2) is 4.62. The van der Waals surface area contributed by atoms with Gasteiger partial charge < -0.3 is 4.74 Å². The highest BCUT2D eigenvalue weighted by Crippen LogP contribution is 2.28. The molecule has 0 amide bonds. The van der Waals surface area contributed by atoms with Gasteiger partial charge in [0.05, 0.1) is 6.61 Å². The molecule has 0 N–H and O–H groups in total. The van der Waals surface area contributed by atoms with E-state index in [4.69, 9.17) is 4.74 Å². The lowest BCUT2D eigenvalue weighted by molar-refractivity contribution is 0.0837. The van der Waals surface area contributed by atoms with Gasteiger partial charge in [0.15, 0.2) is 6.23 Å². The van der Waals surface area contributed by atoms with E-state index in [0.717, 1.165) is 0 Å². The Morgan fingerprint density at radius 1 is 1.44 bits per heavy atom. The van der Waals surface area contributed by atoms with Crippen molar-refractivity contribution in [1.82, 2.24) is 0 Å². The lowest BCUT2D eigenvalue weighted by Gasteiger charge is -2.10. The van der Waals surface area contributed by atoms with Crippen molar-refractivity contribution in [3.05, 3.63) is 46.5 Å². The minimum absolute atomic E-state index is 0.120. The fourth-order valence-corrected chi connectivity index (χ4v) is 1.69. The molecule has 1 aliphatic rings. The zero-order valence-corrected chi connectivity index (χ0v) is 10.0. The van der Waals surface area contributed by atoms with Crippen LogP contribution in [0.2, 0.25) is 0 Å². The zero-order valence-electron chi connectivity index (χ0n) is 10.0. The van der Waals surface area contributed by atoms with Crippen LogP contribution in [0.25, 0.3) is 0 Å². The van der Waals surface area contributed by atoms with Gasteiger partial charge in [0.2, 0.25) is 0 Å². The van der Waals surface area contributed by atoms with Gasteiger partial charge in [-0.3, -0.25) is 4.99 Å². The maximum absolute atomic E-state index is 5.72. The van der Waals surface area contributed by atoms with Crippen LogP contribution in [0.5, 0.6) is 0 Å². The van der Waals surface area contributed by atoms with Gasteiger partial charge in [0.1, 0.15) is 0 Å². The predicted octanol–water partition coefficient (Wildman–Crippen LogP) is 3.41. The van der Waals surface area contributed by atoms with Crippen molar-refractivity contribution >= 4 is 6.21 Å². The molecule has 1 unspecified atom stereocenters. The van der Waals surface area contributed by atoms with Gasteiger partial charge in [0.25, 0.3) is 0 Å². The topological polar surface area (TPSA) is 21.6 Å². The molecule has 1 heterocycles. The van der Waals surface area contributed by atoms with Crippen molar-refractivity contribution in [3.8, 4) is 0 Å². The van der Waals surface area contributed by atoms with Crippen molar-refractivity contribution in [2.75, 3.05) is 6.61 Å². The summed E-state index contributed by atoms with van der Waals surface area (Å²) >= 11 is 0. The lowest BCUT2D eigenvalue weighted by atomic mass is 10.1. The first-order valence-corrected chi connectivity index (χ1v) is 5.55. The fourth-order valence-electron chi connectivity index (χ4n) is 1.69. The largest absolute Gasteiger partial charge is 0.348 e. The molecule has 0 saturated carbocycles. The summed E-state index contributed by atoms with van der Waals surface area (Å²) in [5, 5.41) is 0. The first-order valence-electron chi connectivity index (χ1n) is 5.55. The normalized spacial score (nSPS) is 17.3. The van der Waals surface area contributed by atoms with Gasteiger partial charge in [0, 0.05) is 17.3 Å². The molecule has 84 valence electrons. The third-order valence-electron chi connectivity index (χ3n) is 2.60. The van der Waals surface area contributed by atoms with E-state index in [0.29, 0.717) is 6.61 Å². The number of aliphatic imine (C=N–C) groups is 1. The highest BCUT2D eigenvalue weighted by atomic mass is 16.5. The molecule has 16 heavy (non-hydrogen) atoms. The van der Waals surface area contributed by atoms with E-state index in [-0.39, 0.29) is 6.23 Å². The van der Waals surface area contributed by atoms with Crippen molar-refractivity contribution < 1.29 is 4.74 Å². The van der Waals surface area contributed by atoms with Crippen LogP contribution in [-0.4, -0.2) is 12.8 Å². The highest BCUT2D eigenvalue weighted by molar-refractivity contribution is 5.85. The molecule has 0 saturated heterocycles. The van der Waals surface area contributed by atoms with Crippen molar-refractivity contribution in [2.45, 2.75) is 27.0 Å². The van der Waals surface area contributed by atoms with Crippen LogP contribution in [0, 0.1) is 6.92 Å². The Morgan fingerprint density at radius 3 is 3.00 bits per heavy atom. The molecule has 0 spiro atoms. The van der Waals surface area contributed by atoms with E-state index in [9.17, 15) is 0 Å². The minimum Gasteiger partial charge on any atom is -0.348 e. The van der Waals surface area contributed by atoms with Crippen LogP contribution in [0.1, 0.15) is 36.8 Å². The monoisotopic (exact) mass is 215 g/mol. The van der Waals surface area contributed by atoms with Crippen LogP contribution in [0.15, 0.2) is 34.8 Å². The van der Waals surface area contributed by atoms with Crippen LogP contribution in [-0.2, 0) is 4.74 Å². The van der Waals surface area contributed by atoms with E-state index < -0.39 is 0 Å². The third-order valence-corrected chi connectivity index (χ3v) is 2.60. The second-order valence-corrected chi connectivity index (χ2v) is 4.38.